The summed E-state index contributed by atoms with van der Waals surface area (Å²) in [4.78, 5) is 7.82. The van der Waals surface area contributed by atoms with Crippen LogP contribution < -0.4 is 4.74 Å². The lowest BCUT2D eigenvalue weighted by atomic mass is 10.3. The smallest absolute Gasteiger partial charge is 0.222 e. The highest BCUT2D eigenvalue weighted by atomic mass is 32.2. The maximum Gasteiger partial charge on any atom is 0.222 e. The highest BCUT2D eigenvalue weighted by molar-refractivity contribution is 7.78. The van der Waals surface area contributed by atoms with Gasteiger partial charge in [-0.05, 0) is 23.2 Å². The number of benzene rings is 1. The quantitative estimate of drug-likeness (QED) is 0.770. The zero-order valence-corrected chi connectivity index (χ0v) is 9.59. The molecule has 0 N–H and O–H groups in total. The second kappa shape index (κ2) is 5.51. The van der Waals surface area contributed by atoms with Gasteiger partial charge in [0.05, 0.1) is 5.75 Å². The van der Waals surface area contributed by atoms with E-state index in [1.54, 1.807) is 18.2 Å². The summed E-state index contributed by atoms with van der Waals surface area (Å²) in [6.07, 6.45) is 1.47. The maximum atomic E-state index is 10.5. The Kier molecular flexibility index (Phi) is 3.79. The van der Waals surface area contributed by atoms with Crippen LogP contribution in [0.15, 0.2) is 42.6 Å². The molecule has 0 aliphatic heterocycles. The average Bonchev–Trinajstić information content (AvgIpc) is 2.30. The molecular formula is C11H9N2O3S-. The summed E-state index contributed by atoms with van der Waals surface area (Å²) in [6, 6.07) is 10.7. The van der Waals surface area contributed by atoms with Gasteiger partial charge >= 0.3 is 0 Å². The van der Waals surface area contributed by atoms with Gasteiger partial charge in [-0.3, -0.25) is 4.21 Å². The predicted molar refractivity (Wildman–Crippen MR) is 61.2 cm³/mol. The van der Waals surface area contributed by atoms with Crippen LogP contribution in [0.2, 0.25) is 0 Å². The predicted octanol–water partition coefficient (Wildman–Crippen LogP) is 1.65. The number of hydrogen-bond acceptors (Lipinski definition) is 5. The van der Waals surface area contributed by atoms with Crippen LogP contribution in [0.5, 0.6) is 11.6 Å². The highest BCUT2D eigenvalue weighted by Crippen LogP contribution is 2.17. The zero-order valence-electron chi connectivity index (χ0n) is 8.78. The summed E-state index contributed by atoms with van der Waals surface area (Å²) in [5.41, 5.74) is 0. The first-order chi connectivity index (χ1) is 8.24. The molecule has 88 valence electrons. The van der Waals surface area contributed by atoms with Crippen LogP contribution in [0.1, 0.15) is 5.82 Å². The first-order valence-corrected chi connectivity index (χ1v) is 6.09. The second-order valence-electron chi connectivity index (χ2n) is 3.17. The first kappa shape index (κ1) is 11.7. The van der Waals surface area contributed by atoms with Crippen LogP contribution in [0.25, 0.3) is 0 Å². The normalized spacial score (nSPS) is 12.1. The van der Waals surface area contributed by atoms with Crippen LogP contribution >= 0.6 is 0 Å². The Morgan fingerprint density at radius 1 is 1.24 bits per heavy atom. The van der Waals surface area contributed by atoms with Crippen molar-refractivity contribution in [3.63, 3.8) is 0 Å². The molecule has 1 aromatic heterocycles. The van der Waals surface area contributed by atoms with Gasteiger partial charge in [-0.2, -0.15) is 4.98 Å². The SMILES string of the molecule is O=S([O-])Cc1nccc(Oc2ccccc2)n1. The Hall–Kier alpha value is -1.79. The van der Waals surface area contributed by atoms with E-state index in [9.17, 15) is 8.76 Å². The lowest BCUT2D eigenvalue weighted by Crippen LogP contribution is -2.00. The van der Waals surface area contributed by atoms with Gasteiger partial charge in [-0.25, -0.2) is 4.98 Å². The first-order valence-electron chi connectivity index (χ1n) is 4.85. The minimum atomic E-state index is -2.20. The molecule has 5 nitrogen and oxygen atoms in total. The van der Waals surface area contributed by atoms with E-state index in [1.165, 1.54) is 6.20 Å². The van der Waals surface area contributed by atoms with E-state index in [2.05, 4.69) is 9.97 Å². The molecular weight excluding hydrogens is 240 g/mol. The van der Waals surface area contributed by atoms with E-state index in [4.69, 9.17) is 4.74 Å². The van der Waals surface area contributed by atoms with Crippen molar-refractivity contribution >= 4 is 11.1 Å². The van der Waals surface area contributed by atoms with E-state index in [1.807, 2.05) is 18.2 Å². The molecule has 0 aliphatic rings. The minimum absolute atomic E-state index is 0.215. The molecule has 0 spiro atoms. The van der Waals surface area contributed by atoms with Gasteiger partial charge in [-0.15, -0.1) is 0 Å². The van der Waals surface area contributed by atoms with Crippen LogP contribution in [0.3, 0.4) is 0 Å². The monoisotopic (exact) mass is 249 g/mol. The molecule has 0 amide bonds. The fourth-order valence-electron chi connectivity index (χ4n) is 1.22. The van der Waals surface area contributed by atoms with E-state index >= 15 is 0 Å². The Morgan fingerprint density at radius 3 is 2.71 bits per heavy atom. The van der Waals surface area contributed by atoms with E-state index in [-0.39, 0.29) is 11.6 Å². The van der Waals surface area contributed by atoms with Gasteiger partial charge in [0.25, 0.3) is 0 Å². The van der Waals surface area contributed by atoms with Gasteiger partial charge in [0.15, 0.2) is 0 Å². The van der Waals surface area contributed by atoms with Crippen LogP contribution in [0.4, 0.5) is 0 Å². The fraction of sp³-hybridized carbons (Fsp3) is 0.0909. The van der Waals surface area contributed by atoms with E-state index in [0.717, 1.165) is 0 Å². The molecule has 1 atom stereocenters. The topological polar surface area (TPSA) is 75.1 Å². The van der Waals surface area contributed by atoms with Crippen LogP contribution in [-0.2, 0) is 16.8 Å². The number of hydrogen-bond donors (Lipinski definition) is 0. The number of rotatable bonds is 4. The van der Waals surface area contributed by atoms with Crippen molar-refractivity contribution in [2.24, 2.45) is 0 Å². The standard InChI is InChI=1S/C11H10N2O3S/c14-17(15)8-10-12-7-6-11(13-10)16-9-4-2-1-3-5-9/h1-7H,8H2,(H,14,15)/p-1. The molecule has 17 heavy (non-hydrogen) atoms. The van der Waals surface area contributed by atoms with E-state index in [0.29, 0.717) is 11.6 Å². The van der Waals surface area contributed by atoms with Crippen molar-refractivity contribution < 1.29 is 13.5 Å². The average molecular weight is 249 g/mol. The summed E-state index contributed by atoms with van der Waals surface area (Å²) < 4.78 is 26.5. The van der Waals surface area contributed by atoms with Crippen molar-refractivity contribution in [2.45, 2.75) is 5.75 Å². The van der Waals surface area contributed by atoms with Crippen molar-refractivity contribution in [3.8, 4) is 11.6 Å². The molecule has 0 radical (unpaired) electrons. The van der Waals surface area contributed by atoms with Crippen LogP contribution in [0, 0.1) is 0 Å². The molecule has 0 bridgehead atoms. The summed E-state index contributed by atoms with van der Waals surface area (Å²) in [7, 11) is 0. The largest absolute Gasteiger partial charge is 0.772 e. The van der Waals surface area contributed by atoms with Crippen molar-refractivity contribution in [1.29, 1.82) is 0 Å². The lowest BCUT2D eigenvalue weighted by molar-refractivity contribution is 0.459. The van der Waals surface area contributed by atoms with Gasteiger partial charge in [-0.1, -0.05) is 18.2 Å². The van der Waals surface area contributed by atoms with Gasteiger partial charge < -0.3 is 9.29 Å². The van der Waals surface area contributed by atoms with Gasteiger partial charge in [0.2, 0.25) is 5.88 Å². The number of para-hydroxylation sites is 1. The third kappa shape index (κ3) is 3.61. The van der Waals surface area contributed by atoms with Crippen molar-refractivity contribution in [2.75, 3.05) is 0 Å². The minimum Gasteiger partial charge on any atom is -0.772 e. The van der Waals surface area contributed by atoms with Crippen molar-refractivity contribution in [3.05, 3.63) is 48.4 Å². The summed E-state index contributed by atoms with van der Waals surface area (Å²) >= 11 is -2.20. The molecule has 1 unspecified atom stereocenters. The molecule has 6 heteroatoms. The van der Waals surface area contributed by atoms with Gasteiger partial charge in [0, 0.05) is 12.3 Å². The number of aromatic nitrogens is 2. The van der Waals surface area contributed by atoms with E-state index < -0.39 is 11.1 Å². The molecule has 0 fully saturated rings. The van der Waals surface area contributed by atoms with Gasteiger partial charge in [0.1, 0.15) is 11.6 Å². The summed E-state index contributed by atoms with van der Waals surface area (Å²) in [5.74, 6) is 0.963. The van der Waals surface area contributed by atoms with Crippen LogP contribution in [-0.4, -0.2) is 18.7 Å². The summed E-state index contributed by atoms with van der Waals surface area (Å²) in [6.45, 7) is 0. The summed E-state index contributed by atoms with van der Waals surface area (Å²) in [5, 5.41) is 0. The molecule has 1 heterocycles. The Morgan fingerprint density at radius 2 is 2.00 bits per heavy atom. The Balaban J connectivity index is 2.14. The van der Waals surface area contributed by atoms with Crippen molar-refractivity contribution in [1.82, 2.24) is 9.97 Å². The molecule has 0 saturated carbocycles. The second-order valence-corrected chi connectivity index (χ2v) is 4.07. The molecule has 0 saturated heterocycles. The Labute approximate surface area is 101 Å². The zero-order chi connectivity index (χ0) is 12.1. The molecule has 1 aromatic carbocycles. The molecule has 2 aromatic rings. The maximum absolute atomic E-state index is 10.5. The highest BCUT2D eigenvalue weighted by Gasteiger charge is 2.01. The third-order valence-electron chi connectivity index (χ3n) is 1.89. The lowest BCUT2D eigenvalue weighted by Gasteiger charge is -2.06. The number of nitrogens with zero attached hydrogens (tertiary/aromatic N) is 2. The molecule has 2 rings (SSSR count). The third-order valence-corrected chi connectivity index (χ3v) is 2.39. The fourth-order valence-corrected chi connectivity index (χ4v) is 1.57. The molecule has 0 aliphatic carbocycles. The Bertz CT molecular complexity index is 519. The number of ether oxygens (including phenoxy) is 1.